The summed E-state index contributed by atoms with van der Waals surface area (Å²) in [4.78, 5) is 20.8. The summed E-state index contributed by atoms with van der Waals surface area (Å²) in [6.07, 6.45) is 6.82. The fourth-order valence-corrected chi connectivity index (χ4v) is 2.71. The van der Waals surface area contributed by atoms with E-state index in [9.17, 15) is 4.79 Å². The smallest absolute Gasteiger partial charge is 0.262 e. The van der Waals surface area contributed by atoms with Crippen molar-refractivity contribution < 1.29 is 14.3 Å². The molecule has 0 bridgehead atoms. The highest BCUT2D eigenvalue weighted by molar-refractivity contribution is 6.05. The predicted molar refractivity (Wildman–Crippen MR) is 106 cm³/mol. The first-order chi connectivity index (χ1) is 14.1. The molecule has 0 spiro atoms. The molecule has 3 aromatic heterocycles. The third-order valence-electron chi connectivity index (χ3n) is 4.06. The molecule has 4 rings (SSSR count). The van der Waals surface area contributed by atoms with Gasteiger partial charge in [-0.15, -0.1) is 5.10 Å². The third kappa shape index (κ3) is 4.08. The molecule has 0 unspecified atom stereocenters. The number of ether oxygens (including phenoxy) is 2. The minimum atomic E-state index is -0.309. The second-order valence-electron chi connectivity index (χ2n) is 6.11. The Labute approximate surface area is 166 Å². The van der Waals surface area contributed by atoms with E-state index in [1.165, 1.54) is 18.1 Å². The molecule has 3 heterocycles. The Kier molecular flexibility index (Phi) is 4.93. The summed E-state index contributed by atoms with van der Waals surface area (Å²) in [6.45, 7) is 0. The quantitative estimate of drug-likeness (QED) is 0.544. The first kappa shape index (κ1) is 18.2. The van der Waals surface area contributed by atoms with Crippen LogP contribution >= 0.6 is 0 Å². The lowest BCUT2D eigenvalue weighted by Crippen LogP contribution is -2.12. The van der Waals surface area contributed by atoms with Gasteiger partial charge in [0, 0.05) is 37.4 Å². The molecule has 9 nitrogen and oxygen atoms in total. The van der Waals surface area contributed by atoms with Gasteiger partial charge in [-0.1, -0.05) is 0 Å². The number of methoxy groups -OCH3 is 1. The Balaban J connectivity index is 1.44. The maximum Gasteiger partial charge on any atom is 0.262 e. The summed E-state index contributed by atoms with van der Waals surface area (Å²) in [5.41, 5.74) is 0.970. The maximum atomic E-state index is 12.4. The van der Waals surface area contributed by atoms with Gasteiger partial charge in [0.2, 0.25) is 11.8 Å². The number of carbonyl (C=O) groups is 1. The fraction of sp³-hybridized carbons (Fsp3) is 0.100. The van der Waals surface area contributed by atoms with Crippen LogP contribution in [-0.4, -0.2) is 37.3 Å². The summed E-state index contributed by atoms with van der Waals surface area (Å²) in [5.74, 6) is 1.66. The zero-order chi connectivity index (χ0) is 20.2. The van der Waals surface area contributed by atoms with Crippen LogP contribution < -0.4 is 14.8 Å². The molecule has 0 saturated heterocycles. The molecule has 0 aliphatic rings. The lowest BCUT2D eigenvalue weighted by Gasteiger charge is -2.08. The molecule has 0 aliphatic heterocycles. The van der Waals surface area contributed by atoms with E-state index in [1.54, 1.807) is 43.6 Å². The molecule has 9 heteroatoms. The predicted octanol–water partition coefficient (Wildman–Crippen LogP) is 3.05. The van der Waals surface area contributed by atoms with Crippen molar-refractivity contribution in [2.45, 2.75) is 0 Å². The molecule has 0 aliphatic carbocycles. The number of rotatable bonds is 6. The second-order valence-corrected chi connectivity index (χ2v) is 6.11. The van der Waals surface area contributed by atoms with Crippen LogP contribution in [0.2, 0.25) is 0 Å². The standard InChI is InChI=1S/C20H18N6O3/c1-25-12-16(20(24-25)28-2)19(27)23-14-5-7-15(8-6-14)29-18-11-17(21-13-22-18)26-9-3-4-10-26/h3-13H,1-2H3,(H,23,27). The van der Waals surface area contributed by atoms with Crippen molar-refractivity contribution in [2.75, 3.05) is 12.4 Å². The number of nitrogens with one attached hydrogen (secondary N) is 1. The fourth-order valence-electron chi connectivity index (χ4n) is 2.71. The van der Waals surface area contributed by atoms with Gasteiger partial charge in [0.1, 0.15) is 23.5 Å². The monoisotopic (exact) mass is 390 g/mol. The number of aromatic nitrogens is 5. The zero-order valence-electron chi connectivity index (χ0n) is 15.8. The average molecular weight is 390 g/mol. The van der Waals surface area contributed by atoms with Gasteiger partial charge in [-0.2, -0.15) is 0 Å². The molecule has 146 valence electrons. The van der Waals surface area contributed by atoms with Crippen molar-refractivity contribution in [1.82, 2.24) is 24.3 Å². The number of carbonyl (C=O) groups excluding carboxylic acids is 1. The van der Waals surface area contributed by atoms with Gasteiger partial charge in [-0.3, -0.25) is 9.48 Å². The Morgan fingerprint density at radius 3 is 2.59 bits per heavy atom. The van der Waals surface area contributed by atoms with Crippen molar-refractivity contribution >= 4 is 11.6 Å². The molecular formula is C20H18N6O3. The highest BCUT2D eigenvalue weighted by Gasteiger charge is 2.16. The van der Waals surface area contributed by atoms with Gasteiger partial charge < -0.3 is 19.4 Å². The van der Waals surface area contributed by atoms with Crippen molar-refractivity contribution in [3.63, 3.8) is 0 Å². The van der Waals surface area contributed by atoms with Gasteiger partial charge in [0.15, 0.2) is 0 Å². The molecule has 0 radical (unpaired) electrons. The third-order valence-corrected chi connectivity index (χ3v) is 4.06. The van der Waals surface area contributed by atoms with Crippen LogP contribution in [0.5, 0.6) is 17.5 Å². The van der Waals surface area contributed by atoms with E-state index >= 15 is 0 Å². The topological polar surface area (TPSA) is 96.1 Å². The van der Waals surface area contributed by atoms with Gasteiger partial charge in [-0.05, 0) is 36.4 Å². The molecule has 0 saturated carbocycles. The normalized spacial score (nSPS) is 10.6. The van der Waals surface area contributed by atoms with E-state index in [4.69, 9.17) is 9.47 Å². The van der Waals surface area contributed by atoms with E-state index in [0.29, 0.717) is 28.7 Å². The zero-order valence-corrected chi connectivity index (χ0v) is 15.8. The molecule has 1 amide bonds. The Bertz CT molecular complexity index is 1120. The minimum absolute atomic E-state index is 0.271. The van der Waals surface area contributed by atoms with Crippen LogP contribution in [0.15, 0.2) is 67.4 Å². The van der Waals surface area contributed by atoms with Crippen LogP contribution in [0.3, 0.4) is 0 Å². The van der Waals surface area contributed by atoms with Crippen LogP contribution in [-0.2, 0) is 7.05 Å². The number of hydrogen-bond acceptors (Lipinski definition) is 6. The van der Waals surface area contributed by atoms with E-state index in [1.807, 2.05) is 29.1 Å². The average Bonchev–Trinajstić information content (AvgIpc) is 3.39. The van der Waals surface area contributed by atoms with Gasteiger partial charge in [0.05, 0.1) is 7.11 Å². The summed E-state index contributed by atoms with van der Waals surface area (Å²) in [6, 6.07) is 12.5. The number of amides is 1. The lowest BCUT2D eigenvalue weighted by molar-refractivity contribution is 0.102. The highest BCUT2D eigenvalue weighted by atomic mass is 16.5. The summed E-state index contributed by atoms with van der Waals surface area (Å²) < 4.78 is 14.3. The molecule has 29 heavy (non-hydrogen) atoms. The molecular weight excluding hydrogens is 372 g/mol. The summed E-state index contributed by atoms with van der Waals surface area (Å²) in [5, 5.41) is 6.89. The van der Waals surface area contributed by atoms with E-state index in [-0.39, 0.29) is 11.8 Å². The van der Waals surface area contributed by atoms with E-state index in [2.05, 4.69) is 20.4 Å². The van der Waals surface area contributed by atoms with Crippen molar-refractivity contribution in [3.8, 4) is 23.3 Å². The van der Waals surface area contributed by atoms with Gasteiger partial charge in [0.25, 0.3) is 5.91 Å². The number of hydrogen-bond donors (Lipinski definition) is 1. The Morgan fingerprint density at radius 2 is 1.86 bits per heavy atom. The number of anilines is 1. The second kappa shape index (κ2) is 7.85. The maximum absolute atomic E-state index is 12.4. The molecule has 1 aromatic carbocycles. The molecule has 4 aromatic rings. The van der Waals surface area contributed by atoms with Crippen molar-refractivity contribution in [2.24, 2.45) is 7.05 Å². The SMILES string of the molecule is COc1nn(C)cc1C(=O)Nc1ccc(Oc2cc(-n3cccc3)ncn2)cc1. The van der Waals surface area contributed by atoms with Crippen LogP contribution in [0.25, 0.3) is 5.82 Å². The highest BCUT2D eigenvalue weighted by Crippen LogP contribution is 2.23. The number of nitrogens with zero attached hydrogens (tertiary/aromatic N) is 5. The largest absolute Gasteiger partial charge is 0.479 e. The van der Waals surface area contributed by atoms with Crippen molar-refractivity contribution in [3.05, 3.63) is 72.9 Å². The van der Waals surface area contributed by atoms with Gasteiger partial charge >= 0.3 is 0 Å². The van der Waals surface area contributed by atoms with E-state index < -0.39 is 0 Å². The molecule has 0 fully saturated rings. The number of aryl methyl sites for hydroxylation is 1. The Hall–Kier alpha value is -4.14. The first-order valence-electron chi connectivity index (χ1n) is 8.74. The van der Waals surface area contributed by atoms with Crippen molar-refractivity contribution in [1.29, 1.82) is 0 Å². The van der Waals surface area contributed by atoms with E-state index in [0.717, 1.165) is 0 Å². The lowest BCUT2D eigenvalue weighted by atomic mass is 10.2. The number of benzene rings is 1. The van der Waals surface area contributed by atoms with Gasteiger partial charge in [-0.25, -0.2) is 9.97 Å². The summed E-state index contributed by atoms with van der Waals surface area (Å²) in [7, 11) is 3.19. The molecule has 0 atom stereocenters. The first-order valence-corrected chi connectivity index (χ1v) is 8.74. The Morgan fingerprint density at radius 1 is 1.10 bits per heavy atom. The van der Waals surface area contributed by atoms with Crippen LogP contribution in [0.1, 0.15) is 10.4 Å². The van der Waals surface area contributed by atoms with Crippen LogP contribution in [0.4, 0.5) is 5.69 Å². The summed E-state index contributed by atoms with van der Waals surface area (Å²) >= 11 is 0. The van der Waals surface area contributed by atoms with Crippen LogP contribution in [0, 0.1) is 0 Å². The molecule has 1 N–H and O–H groups in total. The minimum Gasteiger partial charge on any atom is -0.479 e.